The summed E-state index contributed by atoms with van der Waals surface area (Å²) >= 11 is 3.32. The maximum atomic E-state index is 5.53. The molecular formula is C14H19BrN2O. The summed E-state index contributed by atoms with van der Waals surface area (Å²) in [7, 11) is 0. The zero-order valence-corrected chi connectivity index (χ0v) is 12.6. The van der Waals surface area contributed by atoms with Crippen molar-refractivity contribution in [1.29, 1.82) is 0 Å². The molecule has 18 heavy (non-hydrogen) atoms. The molecule has 2 unspecified atom stereocenters. The van der Waals surface area contributed by atoms with Crippen LogP contribution in [-0.4, -0.2) is 10.1 Å². The van der Waals surface area contributed by atoms with Crippen molar-refractivity contribution < 1.29 is 4.52 Å². The average molecular weight is 311 g/mol. The van der Waals surface area contributed by atoms with E-state index in [0.717, 1.165) is 11.8 Å². The monoisotopic (exact) mass is 310 g/mol. The molecule has 0 aliphatic heterocycles. The summed E-state index contributed by atoms with van der Waals surface area (Å²) in [5.41, 5.74) is 1.16. The van der Waals surface area contributed by atoms with Crippen LogP contribution in [0.1, 0.15) is 58.3 Å². The van der Waals surface area contributed by atoms with E-state index >= 15 is 0 Å². The van der Waals surface area contributed by atoms with E-state index in [1.165, 1.54) is 38.5 Å². The van der Waals surface area contributed by atoms with Gasteiger partial charge in [-0.3, -0.25) is 0 Å². The van der Waals surface area contributed by atoms with Gasteiger partial charge in [0.05, 0.1) is 5.41 Å². The number of halogens is 1. The number of hydrogen-bond acceptors (Lipinski definition) is 3. The molecule has 0 N–H and O–H groups in total. The zero-order chi connectivity index (χ0) is 12.6. The van der Waals surface area contributed by atoms with Gasteiger partial charge in [0.25, 0.3) is 0 Å². The van der Waals surface area contributed by atoms with Crippen molar-refractivity contribution in [3.8, 4) is 0 Å². The van der Waals surface area contributed by atoms with E-state index in [-0.39, 0.29) is 5.41 Å². The van der Waals surface area contributed by atoms with Gasteiger partial charge in [-0.05, 0) is 76.4 Å². The second-order valence-electron chi connectivity index (χ2n) is 7.78. The second-order valence-corrected chi connectivity index (χ2v) is 8.49. The minimum Gasteiger partial charge on any atom is -0.338 e. The van der Waals surface area contributed by atoms with Gasteiger partial charge in [-0.1, -0.05) is 13.8 Å². The highest BCUT2D eigenvalue weighted by atomic mass is 79.9. The van der Waals surface area contributed by atoms with Crippen molar-refractivity contribution in [3.63, 3.8) is 0 Å². The van der Waals surface area contributed by atoms with Crippen LogP contribution in [0.3, 0.4) is 0 Å². The van der Waals surface area contributed by atoms with Crippen LogP contribution in [0.2, 0.25) is 0 Å². The Labute approximate surface area is 116 Å². The summed E-state index contributed by atoms with van der Waals surface area (Å²) in [6, 6.07) is 0. The number of rotatable bonds is 1. The van der Waals surface area contributed by atoms with Crippen molar-refractivity contribution in [2.75, 3.05) is 0 Å². The summed E-state index contributed by atoms with van der Waals surface area (Å²) in [5.74, 6) is 1.75. The fraction of sp³-hybridized carbons (Fsp3) is 0.857. The molecule has 1 heterocycles. The molecule has 0 amide bonds. The second kappa shape index (κ2) is 3.20. The molecule has 4 saturated carbocycles. The SMILES string of the molecule is CC12CC3CC(C)(C1)CC(c1nc(Br)no1)(C3)C2. The highest BCUT2D eigenvalue weighted by molar-refractivity contribution is 9.10. The molecule has 4 fully saturated rings. The number of nitrogens with zero attached hydrogens (tertiary/aromatic N) is 2. The molecule has 4 aliphatic carbocycles. The highest BCUT2D eigenvalue weighted by Crippen LogP contribution is 2.69. The molecule has 4 aliphatic rings. The van der Waals surface area contributed by atoms with E-state index in [4.69, 9.17) is 4.52 Å². The van der Waals surface area contributed by atoms with Crippen molar-refractivity contribution >= 4 is 15.9 Å². The first-order valence-electron chi connectivity index (χ1n) is 6.90. The molecule has 4 heteroatoms. The molecule has 3 nitrogen and oxygen atoms in total. The van der Waals surface area contributed by atoms with Crippen LogP contribution >= 0.6 is 15.9 Å². The van der Waals surface area contributed by atoms with Gasteiger partial charge in [0.1, 0.15) is 0 Å². The van der Waals surface area contributed by atoms with E-state index < -0.39 is 0 Å². The predicted octanol–water partition coefficient (Wildman–Crippen LogP) is 4.08. The molecule has 1 aromatic heterocycles. The maximum Gasteiger partial charge on any atom is 0.238 e. The van der Waals surface area contributed by atoms with Crippen molar-refractivity contribution in [1.82, 2.24) is 10.1 Å². The fourth-order valence-electron chi connectivity index (χ4n) is 6.11. The summed E-state index contributed by atoms with van der Waals surface area (Å²) in [5, 5.41) is 3.95. The third-order valence-corrected chi connectivity index (χ3v) is 5.80. The number of aromatic nitrogens is 2. The Balaban J connectivity index is 1.82. The van der Waals surface area contributed by atoms with E-state index in [9.17, 15) is 0 Å². The quantitative estimate of drug-likeness (QED) is 0.784. The van der Waals surface area contributed by atoms with Crippen LogP contribution in [0.25, 0.3) is 0 Å². The summed E-state index contributed by atoms with van der Waals surface area (Å²) in [6.07, 6.45) is 7.92. The Morgan fingerprint density at radius 1 is 1.11 bits per heavy atom. The van der Waals surface area contributed by atoms with Gasteiger partial charge in [0.15, 0.2) is 0 Å². The van der Waals surface area contributed by atoms with E-state index in [1.54, 1.807) is 0 Å². The van der Waals surface area contributed by atoms with Gasteiger partial charge in [0.2, 0.25) is 10.6 Å². The molecule has 0 aromatic carbocycles. The fourth-order valence-corrected chi connectivity index (χ4v) is 6.34. The number of hydrogen-bond donors (Lipinski definition) is 0. The molecule has 0 spiro atoms. The van der Waals surface area contributed by atoms with Gasteiger partial charge in [-0.2, -0.15) is 4.98 Å². The van der Waals surface area contributed by atoms with Gasteiger partial charge < -0.3 is 4.52 Å². The predicted molar refractivity (Wildman–Crippen MR) is 71.1 cm³/mol. The third-order valence-electron chi connectivity index (χ3n) is 5.48. The molecule has 4 bridgehead atoms. The molecule has 1 aromatic rings. The van der Waals surface area contributed by atoms with Gasteiger partial charge in [0, 0.05) is 0 Å². The van der Waals surface area contributed by atoms with Crippen LogP contribution in [0.4, 0.5) is 0 Å². The summed E-state index contributed by atoms with van der Waals surface area (Å²) in [6.45, 7) is 4.94. The topological polar surface area (TPSA) is 38.9 Å². The van der Waals surface area contributed by atoms with Crippen LogP contribution in [0.5, 0.6) is 0 Å². The minimum atomic E-state index is 0.169. The van der Waals surface area contributed by atoms with E-state index in [1.807, 2.05) is 0 Å². The first-order chi connectivity index (χ1) is 8.41. The molecule has 0 saturated heterocycles. The maximum absolute atomic E-state index is 5.53. The normalized spacial score (nSPS) is 49.8. The van der Waals surface area contributed by atoms with Crippen molar-refractivity contribution in [3.05, 3.63) is 10.6 Å². The Hall–Kier alpha value is -0.380. The molecule has 98 valence electrons. The molecule has 0 radical (unpaired) electrons. The Morgan fingerprint density at radius 3 is 2.28 bits per heavy atom. The summed E-state index contributed by atoms with van der Waals surface area (Å²) < 4.78 is 6.13. The van der Waals surface area contributed by atoms with Crippen LogP contribution < -0.4 is 0 Å². The Bertz CT molecular complexity index is 494. The Kier molecular flexibility index (Phi) is 2.03. The Morgan fingerprint density at radius 2 is 1.78 bits per heavy atom. The van der Waals surface area contributed by atoms with Gasteiger partial charge >= 0.3 is 0 Å². The lowest BCUT2D eigenvalue weighted by atomic mass is 9.40. The molecule has 2 atom stereocenters. The smallest absolute Gasteiger partial charge is 0.238 e. The lowest BCUT2D eigenvalue weighted by Gasteiger charge is -2.64. The standard InChI is InChI=1S/C14H19BrN2O/c1-12-3-9-4-13(2,6-12)8-14(5-9,7-12)10-16-11(15)17-18-10/h9H,3-8H2,1-2H3. The average Bonchev–Trinajstić information content (AvgIpc) is 2.59. The van der Waals surface area contributed by atoms with Crippen LogP contribution in [0.15, 0.2) is 9.26 Å². The zero-order valence-electron chi connectivity index (χ0n) is 11.0. The third kappa shape index (κ3) is 1.47. The van der Waals surface area contributed by atoms with Crippen LogP contribution in [0, 0.1) is 16.7 Å². The van der Waals surface area contributed by atoms with Gasteiger partial charge in [-0.25, -0.2) is 0 Å². The lowest BCUT2D eigenvalue weighted by Crippen LogP contribution is -2.56. The van der Waals surface area contributed by atoms with Crippen molar-refractivity contribution in [2.45, 2.75) is 57.8 Å². The molecule has 5 rings (SSSR count). The lowest BCUT2D eigenvalue weighted by molar-refractivity contribution is -0.118. The summed E-state index contributed by atoms with van der Waals surface area (Å²) in [4.78, 5) is 4.50. The van der Waals surface area contributed by atoms with E-state index in [0.29, 0.717) is 15.6 Å². The minimum absolute atomic E-state index is 0.169. The van der Waals surface area contributed by atoms with E-state index in [2.05, 4.69) is 39.9 Å². The first kappa shape index (κ1) is 11.4. The highest BCUT2D eigenvalue weighted by Gasteiger charge is 2.62. The van der Waals surface area contributed by atoms with Gasteiger partial charge in [-0.15, -0.1) is 0 Å². The van der Waals surface area contributed by atoms with Crippen molar-refractivity contribution in [2.24, 2.45) is 16.7 Å². The first-order valence-corrected chi connectivity index (χ1v) is 7.70. The molecular weight excluding hydrogens is 292 g/mol. The van der Waals surface area contributed by atoms with Crippen LogP contribution in [-0.2, 0) is 5.41 Å². The largest absolute Gasteiger partial charge is 0.338 e.